The molecule has 1 aromatic carbocycles. The number of hydrogen-bond donors (Lipinski definition) is 0. The van der Waals surface area contributed by atoms with Gasteiger partial charge in [-0.3, -0.25) is 4.90 Å². The van der Waals surface area contributed by atoms with Gasteiger partial charge in [0.05, 0.1) is 29.8 Å². The van der Waals surface area contributed by atoms with Gasteiger partial charge in [-0.05, 0) is 31.3 Å². The summed E-state index contributed by atoms with van der Waals surface area (Å²) < 4.78 is 4.97. The number of hydrogen-bond acceptors (Lipinski definition) is 4. The summed E-state index contributed by atoms with van der Waals surface area (Å²) in [5, 5.41) is 17.6. The minimum Gasteiger partial charge on any atom is -0.317 e. The minimum atomic E-state index is 0.450. The molecule has 0 amide bonds. The van der Waals surface area contributed by atoms with E-state index in [1.165, 1.54) is 0 Å². The van der Waals surface area contributed by atoms with Crippen molar-refractivity contribution in [1.29, 1.82) is 10.5 Å². The second kappa shape index (κ2) is 7.74. The summed E-state index contributed by atoms with van der Waals surface area (Å²) in [6.45, 7) is 4.80. The average Bonchev–Trinajstić information content (AvgIpc) is 2.81. The lowest BCUT2D eigenvalue weighted by molar-refractivity contribution is 0.229. The standard InChI is InChI=1S/C16H19N5S/c1-2-20-14-7-3-4-8-15(14)21(16(20)22)13-19(11-5-9-17)12-6-10-18/h3-4,7-8H,2,5-6,11-13H2,1H3. The van der Waals surface area contributed by atoms with Crippen LogP contribution in [0, 0.1) is 27.4 Å². The summed E-state index contributed by atoms with van der Waals surface area (Å²) in [7, 11) is 0. The molecule has 0 atom stereocenters. The first-order valence-electron chi connectivity index (χ1n) is 7.37. The molecule has 6 heteroatoms. The minimum absolute atomic E-state index is 0.450. The van der Waals surface area contributed by atoms with Gasteiger partial charge < -0.3 is 9.13 Å². The molecule has 0 fully saturated rings. The van der Waals surface area contributed by atoms with Gasteiger partial charge in [0.15, 0.2) is 4.77 Å². The maximum atomic E-state index is 8.80. The normalized spacial score (nSPS) is 10.7. The van der Waals surface area contributed by atoms with Crippen molar-refractivity contribution >= 4 is 23.3 Å². The van der Waals surface area contributed by atoms with Crippen molar-refractivity contribution in [3.8, 4) is 12.1 Å². The zero-order valence-corrected chi connectivity index (χ0v) is 13.5. The van der Waals surface area contributed by atoms with E-state index >= 15 is 0 Å². The Morgan fingerprint density at radius 2 is 1.59 bits per heavy atom. The molecule has 5 nitrogen and oxygen atoms in total. The highest BCUT2D eigenvalue weighted by Crippen LogP contribution is 2.18. The van der Waals surface area contributed by atoms with Crippen molar-refractivity contribution in [3.05, 3.63) is 29.0 Å². The van der Waals surface area contributed by atoms with Crippen LogP contribution in [0.1, 0.15) is 19.8 Å². The highest BCUT2D eigenvalue weighted by molar-refractivity contribution is 7.71. The number of para-hydroxylation sites is 2. The van der Waals surface area contributed by atoms with E-state index in [-0.39, 0.29) is 0 Å². The molecule has 0 spiro atoms. The fourth-order valence-electron chi connectivity index (χ4n) is 2.58. The lowest BCUT2D eigenvalue weighted by Gasteiger charge is -2.20. The first-order chi connectivity index (χ1) is 10.7. The summed E-state index contributed by atoms with van der Waals surface area (Å²) in [4.78, 5) is 2.11. The Morgan fingerprint density at radius 1 is 1.05 bits per heavy atom. The maximum absolute atomic E-state index is 8.80. The quantitative estimate of drug-likeness (QED) is 0.736. The first-order valence-corrected chi connectivity index (χ1v) is 7.78. The Bertz CT molecular complexity index is 756. The maximum Gasteiger partial charge on any atom is 0.181 e. The van der Waals surface area contributed by atoms with Gasteiger partial charge in [-0.1, -0.05) is 12.1 Å². The molecule has 1 heterocycles. The van der Waals surface area contributed by atoms with E-state index in [4.69, 9.17) is 22.7 Å². The van der Waals surface area contributed by atoms with E-state index in [9.17, 15) is 0 Å². The second-order valence-corrected chi connectivity index (χ2v) is 5.38. The molecular weight excluding hydrogens is 294 g/mol. The van der Waals surface area contributed by atoms with Crippen molar-refractivity contribution in [2.45, 2.75) is 33.0 Å². The first kappa shape index (κ1) is 16.2. The smallest absolute Gasteiger partial charge is 0.181 e. The van der Waals surface area contributed by atoms with Gasteiger partial charge in [0.2, 0.25) is 0 Å². The van der Waals surface area contributed by atoms with Gasteiger partial charge in [0, 0.05) is 32.5 Å². The molecule has 0 N–H and O–H groups in total. The molecule has 0 radical (unpaired) electrons. The van der Waals surface area contributed by atoms with Crippen LogP contribution in [-0.4, -0.2) is 27.1 Å². The topological polar surface area (TPSA) is 60.7 Å². The van der Waals surface area contributed by atoms with Crippen LogP contribution < -0.4 is 0 Å². The molecule has 1 aromatic heterocycles. The third kappa shape index (κ3) is 3.36. The fourth-order valence-corrected chi connectivity index (χ4v) is 2.97. The van der Waals surface area contributed by atoms with E-state index in [1.807, 2.05) is 12.1 Å². The summed E-state index contributed by atoms with van der Waals surface area (Å²) in [5.74, 6) is 0. The number of aryl methyl sites for hydroxylation is 1. The summed E-state index contributed by atoms with van der Waals surface area (Å²) in [6, 6.07) is 12.5. The molecule has 0 unspecified atom stereocenters. The van der Waals surface area contributed by atoms with Crippen molar-refractivity contribution < 1.29 is 0 Å². The van der Waals surface area contributed by atoms with Gasteiger partial charge in [0.1, 0.15) is 0 Å². The number of nitriles is 2. The number of benzene rings is 1. The molecule has 0 saturated carbocycles. The van der Waals surface area contributed by atoms with E-state index in [0.29, 0.717) is 32.6 Å². The molecule has 2 rings (SSSR count). The Kier molecular flexibility index (Phi) is 5.71. The van der Waals surface area contributed by atoms with Gasteiger partial charge >= 0.3 is 0 Å². The molecule has 0 aliphatic heterocycles. The van der Waals surface area contributed by atoms with Crippen molar-refractivity contribution in [3.63, 3.8) is 0 Å². The van der Waals surface area contributed by atoms with E-state index < -0.39 is 0 Å². The largest absolute Gasteiger partial charge is 0.317 e. The van der Waals surface area contributed by atoms with Crippen LogP contribution >= 0.6 is 12.2 Å². The van der Waals surface area contributed by atoms with Crippen LogP contribution in [0.2, 0.25) is 0 Å². The van der Waals surface area contributed by atoms with Crippen molar-refractivity contribution in [2.75, 3.05) is 13.1 Å². The van der Waals surface area contributed by atoms with E-state index in [2.05, 4.69) is 45.2 Å². The Morgan fingerprint density at radius 3 is 2.09 bits per heavy atom. The molecule has 2 aromatic rings. The number of fused-ring (bicyclic) bond motifs is 1. The number of aromatic nitrogens is 2. The summed E-state index contributed by atoms with van der Waals surface area (Å²) >= 11 is 5.60. The second-order valence-electron chi connectivity index (χ2n) is 5.02. The summed E-state index contributed by atoms with van der Waals surface area (Å²) in [6.07, 6.45) is 0.899. The van der Waals surface area contributed by atoms with Crippen LogP contribution in [0.5, 0.6) is 0 Å². The number of imidazole rings is 1. The molecule has 22 heavy (non-hydrogen) atoms. The lowest BCUT2D eigenvalue weighted by atomic mass is 10.3. The number of rotatable bonds is 7. The van der Waals surface area contributed by atoms with Crippen LogP contribution in [0.15, 0.2) is 24.3 Å². The Balaban J connectivity index is 2.37. The third-order valence-corrected chi connectivity index (χ3v) is 4.10. The lowest BCUT2D eigenvalue weighted by Crippen LogP contribution is -2.28. The van der Waals surface area contributed by atoms with E-state index in [0.717, 1.165) is 22.3 Å². The van der Waals surface area contributed by atoms with Gasteiger partial charge in [0.25, 0.3) is 0 Å². The van der Waals surface area contributed by atoms with E-state index in [1.54, 1.807) is 0 Å². The van der Waals surface area contributed by atoms with Crippen LogP contribution in [0.3, 0.4) is 0 Å². The number of nitrogens with zero attached hydrogens (tertiary/aromatic N) is 5. The predicted octanol–water partition coefficient (Wildman–Crippen LogP) is 3.28. The van der Waals surface area contributed by atoms with Crippen LogP contribution in [-0.2, 0) is 13.2 Å². The predicted molar refractivity (Wildman–Crippen MR) is 88.5 cm³/mol. The highest BCUT2D eigenvalue weighted by Gasteiger charge is 2.12. The highest BCUT2D eigenvalue weighted by atomic mass is 32.1. The summed E-state index contributed by atoms with van der Waals surface area (Å²) in [5.41, 5.74) is 2.21. The molecular formula is C16H19N5S. The zero-order chi connectivity index (χ0) is 15.9. The van der Waals surface area contributed by atoms with Gasteiger partial charge in [-0.15, -0.1) is 0 Å². The molecule has 0 bridgehead atoms. The average molecular weight is 313 g/mol. The van der Waals surface area contributed by atoms with Gasteiger partial charge in [-0.25, -0.2) is 0 Å². The van der Waals surface area contributed by atoms with Crippen molar-refractivity contribution in [1.82, 2.24) is 14.0 Å². The fraction of sp³-hybridized carbons (Fsp3) is 0.438. The molecule has 0 aliphatic rings. The molecule has 0 aliphatic carbocycles. The Hall–Kier alpha value is -2.15. The SMILES string of the molecule is CCn1c(=S)n(CN(CCC#N)CCC#N)c2ccccc21. The molecule has 0 saturated heterocycles. The van der Waals surface area contributed by atoms with Gasteiger partial charge in [-0.2, -0.15) is 10.5 Å². The monoisotopic (exact) mass is 313 g/mol. The third-order valence-electron chi connectivity index (χ3n) is 3.66. The van der Waals surface area contributed by atoms with Crippen molar-refractivity contribution in [2.24, 2.45) is 0 Å². The zero-order valence-electron chi connectivity index (χ0n) is 12.7. The molecule has 114 valence electrons. The Labute approximate surface area is 135 Å². The van der Waals surface area contributed by atoms with Crippen LogP contribution in [0.4, 0.5) is 0 Å². The van der Waals surface area contributed by atoms with Crippen LogP contribution in [0.25, 0.3) is 11.0 Å².